The van der Waals surface area contributed by atoms with E-state index in [2.05, 4.69) is 6.92 Å². The van der Waals surface area contributed by atoms with Gasteiger partial charge in [0.2, 0.25) is 0 Å². The highest BCUT2D eigenvalue weighted by Gasteiger charge is 2.24. The molecule has 2 rings (SSSR count). The lowest BCUT2D eigenvalue weighted by Crippen LogP contribution is -2.14. The zero-order valence-electron chi connectivity index (χ0n) is 13.8. The lowest BCUT2D eigenvalue weighted by molar-refractivity contribution is -0.136. The number of carbonyl (C=O) groups is 1. The third-order valence-corrected chi connectivity index (χ3v) is 5.03. The van der Waals surface area contributed by atoms with Gasteiger partial charge >= 0.3 is 5.97 Å². The molecule has 1 aromatic carbocycles. The van der Waals surface area contributed by atoms with E-state index in [1.807, 2.05) is 0 Å². The molecule has 0 atom stereocenters. The summed E-state index contributed by atoms with van der Waals surface area (Å²) >= 11 is 0. The van der Waals surface area contributed by atoms with Gasteiger partial charge in [0.25, 0.3) is 0 Å². The Balaban J connectivity index is 1.97. The zero-order valence-corrected chi connectivity index (χ0v) is 13.8. The second-order valence-electron chi connectivity index (χ2n) is 6.75. The van der Waals surface area contributed by atoms with E-state index in [0.29, 0.717) is 5.56 Å². The van der Waals surface area contributed by atoms with Gasteiger partial charge in [-0.1, -0.05) is 32.6 Å². The highest BCUT2D eigenvalue weighted by atomic mass is 19.1. The maximum Gasteiger partial charge on any atom is 0.308 e. The van der Waals surface area contributed by atoms with Crippen molar-refractivity contribution in [1.29, 1.82) is 0 Å². The number of unbranched alkanes of at least 4 members (excludes halogenated alkanes) is 2. The molecule has 0 amide bonds. The van der Waals surface area contributed by atoms with Crippen LogP contribution in [0.5, 0.6) is 0 Å². The van der Waals surface area contributed by atoms with E-state index >= 15 is 0 Å². The van der Waals surface area contributed by atoms with Gasteiger partial charge in [-0.05, 0) is 55.2 Å². The highest BCUT2D eigenvalue weighted by Crippen LogP contribution is 2.38. The summed E-state index contributed by atoms with van der Waals surface area (Å²) in [6, 6.07) is 2.67. The summed E-state index contributed by atoms with van der Waals surface area (Å²) in [5.74, 6) is -1.73. The summed E-state index contributed by atoms with van der Waals surface area (Å²) < 4.78 is 28.0. The molecule has 23 heavy (non-hydrogen) atoms. The predicted octanol–water partition coefficient (Wildman–Crippen LogP) is 5.45. The van der Waals surface area contributed by atoms with Gasteiger partial charge in [0, 0.05) is 5.56 Å². The molecule has 2 nitrogen and oxygen atoms in total. The summed E-state index contributed by atoms with van der Waals surface area (Å²) in [5, 5.41) is 8.72. The average Bonchev–Trinajstić information content (AvgIpc) is 2.51. The Labute approximate surface area is 136 Å². The topological polar surface area (TPSA) is 37.3 Å². The smallest absolute Gasteiger partial charge is 0.308 e. The van der Waals surface area contributed by atoms with E-state index in [1.165, 1.54) is 37.8 Å². The summed E-state index contributed by atoms with van der Waals surface area (Å²) in [4.78, 5) is 10.7. The largest absolute Gasteiger partial charge is 0.481 e. The molecule has 0 heterocycles. The molecule has 0 bridgehead atoms. The molecule has 1 N–H and O–H groups in total. The fraction of sp³-hybridized carbons (Fsp3) is 0.632. The summed E-state index contributed by atoms with van der Waals surface area (Å²) in [6.07, 6.45) is 8.62. The number of carboxylic acids is 1. The molecule has 1 aliphatic carbocycles. The van der Waals surface area contributed by atoms with Crippen molar-refractivity contribution in [3.63, 3.8) is 0 Å². The van der Waals surface area contributed by atoms with E-state index in [1.54, 1.807) is 0 Å². The first kappa shape index (κ1) is 17.9. The number of halogens is 2. The van der Waals surface area contributed by atoms with E-state index in [4.69, 9.17) is 5.11 Å². The van der Waals surface area contributed by atoms with Crippen molar-refractivity contribution >= 4 is 5.97 Å². The second kappa shape index (κ2) is 8.42. The van der Waals surface area contributed by atoms with E-state index < -0.39 is 24.0 Å². The molecule has 0 radical (unpaired) electrons. The van der Waals surface area contributed by atoms with Gasteiger partial charge in [-0.3, -0.25) is 4.79 Å². The first-order chi connectivity index (χ1) is 11.0. The Morgan fingerprint density at radius 2 is 1.74 bits per heavy atom. The second-order valence-corrected chi connectivity index (χ2v) is 6.75. The highest BCUT2D eigenvalue weighted by molar-refractivity contribution is 5.70. The summed E-state index contributed by atoms with van der Waals surface area (Å²) in [6.45, 7) is 2.20. The Hall–Kier alpha value is -1.45. The first-order valence-electron chi connectivity index (χ1n) is 8.70. The average molecular weight is 324 g/mol. The molecule has 1 aliphatic rings. The number of benzene rings is 1. The van der Waals surface area contributed by atoms with Crippen LogP contribution < -0.4 is 0 Å². The van der Waals surface area contributed by atoms with E-state index in [9.17, 15) is 13.6 Å². The summed E-state index contributed by atoms with van der Waals surface area (Å²) in [5.41, 5.74) is 0.343. The van der Waals surface area contributed by atoms with Crippen LogP contribution in [-0.2, 0) is 11.2 Å². The quantitative estimate of drug-likeness (QED) is 0.678. The van der Waals surface area contributed by atoms with Gasteiger partial charge < -0.3 is 5.11 Å². The van der Waals surface area contributed by atoms with E-state index in [0.717, 1.165) is 31.6 Å². The van der Waals surface area contributed by atoms with Crippen LogP contribution in [0.2, 0.25) is 0 Å². The first-order valence-corrected chi connectivity index (χ1v) is 8.70. The van der Waals surface area contributed by atoms with Gasteiger partial charge in [0.15, 0.2) is 0 Å². The van der Waals surface area contributed by atoms with Crippen molar-refractivity contribution in [3.05, 3.63) is 34.9 Å². The fourth-order valence-electron chi connectivity index (χ4n) is 3.65. The maximum atomic E-state index is 14.0. The van der Waals surface area contributed by atoms with Crippen LogP contribution in [0.15, 0.2) is 12.1 Å². The molecule has 128 valence electrons. The number of aliphatic carboxylic acids is 1. The molecule has 1 fully saturated rings. The van der Waals surface area contributed by atoms with Crippen LogP contribution in [0.1, 0.15) is 75.3 Å². The molecule has 0 spiro atoms. The van der Waals surface area contributed by atoms with Gasteiger partial charge in [-0.15, -0.1) is 0 Å². The van der Waals surface area contributed by atoms with Gasteiger partial charge in [-0.2, -0.15) is 0 Å². The van der Waals surface area contributed by atoms with Crippen molar-refractivity contribution in [2.24, 2.45) is 5.92 Å². The molecular formula is C19H26F2O2. The molecule has 0 unspecified atom stereocenters. The summed E-state index contributed by atoms with van der Waals surface area (Å²) in [7, 11) is 0. The minimum absolute atomic E-state index is 0.195. The standard InChI is InChI=1S/C19H26F2O2/c1-2-3-4-5-13-6-8-14(9-7-13)15-10-17(20)16(12-19(22)23)18(21)11-15/h10-11,13-14H,2-9,12H2,1H3,(H,22,23). The van der Waals surface area contributed by atoms with E-state index in [-0.39, 0.29) is 11.5 Å². The molecule has 0 aromatic heterocycles. The number of hydrogen-bond acceptors (Lipinski definition) is 1. The van der Waals surface area contributed by atoms with Crippen LogP contribution >= 0.6 is 0 Å². The number of carboxylic acid groups (broad SMARTS) is 1. The van der Waals surface area contributed by atoms with Gasteiger partial charge in [0.05, 0.1) is 6.42 Å². The van der Waals surface area contributed by atoms with Crippen LogP contribution in [0.3, 0.4) is 0 Å². The molecule has 4 heteroatoms. The normalized spacial score (nSPS) is 21.3. The minimum Gasteiger partial charge on any atom is -0.481 e. The Morgan fingerprint density at radius 1 is 1.13 bits per heavy atom. The molecule has 0 aliphatic heterocycles. The SMILES string of the molecule is CCCCCC1CCC(c2cc(F)c(CC(=O)O)c(F)c2)CC1. The van der Waals surface area contributed by atoms with Crippen molar-refractivity contribution in [1.82, 2.24) is 0 Å². The minimum atomic E-state index is -1.22. The monoisotopic (exact) mass is 324 g/mol. The van der Waals surface area contributed by atoms with Crippen molar-refractivity contribution in [2.75, 3.05) is 0 Å². The van der Waals surface area contributed by atoms with Gasteiger partial charge in [0.1, 0.15) is 11.6 Å². The Kier molecular flexibility index (Phi) is 6.55. The van der Waals surface area contributed by atoms with Crippen molar-refractivity contribution in [3.8, 4) is 0 Å². The van der Waals surface area contributed by atoms with Crippen molar-refractivity contribution < 1.29 is 18.7 Å². The maximum absolute atomic E-state index is 14.0. The third kappa shape index (κ3) is 5.02. The Morgan fingerprint density at radius 3 is 2.26 bits per heavy atom. The van der Waals surface area contributed by atoms with Crippen LogP contribution in [0.4, 0.5) is 8.78 Å². The molecule has 1 saturated carbocycles. The molecule has 0 saturated heterocycles. The molecular weight excluding hydrogens is 298 g/mol. The lowest BCUT2D eigenvalue weighted by Gasteiger charge is -2.29. The predicted molar refractivity (Wildman–Crippen MR) is 86.5 cm³/mol. The van der Waals surface area contributed by atoms with Crippen LogP contribution in [-0.4, -0.2) is 11.1 Å². The fourth-order valence-corrected chi connectivity index (χ4v) is 3.65. The van der Waals surface area contributed by atoms with Crippen LogP contribution in [0.25, 0.3) is 0 Å². The van der Waals surface area contributed by atoms with Gasteiger partial charge in [-0.25, -0.2) is 8.78 Å². The molecule has 1 aromatic rings. The number of rotatable bonds is 7. The number of hydrogen-bond donors (Lipinski definition) is 1. The lowest BCUT2D eigenvalue weighted by atomic mass is 9.77. The third-order valence-electron chi connectivity index (χ3n) is 5.03. The van der Waals surface area contributed by atoms with Crippen LogP contribution in [0, 0.1) is 17.6 Å². The van der Waals surface area contributed by atoms with Crippen molar-refractivity contribution in [2.45, 2.75) is 70.6 Å². The zero-order chi connectivity index (χ0) is 16.8. The Bertz CT molecular complexity index is 511.